The van der Waals surface area contributed by atoms with Crippen LogP contribution in [-0.2, 0) is 4.79 Å². The number of carbonyl (C=O) groups is 1. The minimum Gasteiger partial charge on any atom is -0.370 e. The summed E-state index contributed by atoms with van der Waals surface area (Å²) in [5.41, 5.74) is 6.06. The average Bonchev–Trinajstić information content (AvgIpc) is 3.15. The highest BCUT2D eigenvalue weighted by molar-refractivity contribution is 14.0. The molecule has 3 rings (SSSR count). The van der Waals surface area contributed by atoms with Crippen molar-refractivity contribution >= 4 is 52.3 Å². The minimum absolute atomic E-state index is 0. The molecule has 0 bridgehead atoms. The third-order valence-corrected chi connectivity index (χ3v) is 5.21. The number of thiazole rings is 1. The fourth-order valence-corrected chi connectivity index (χ4v) is 3.69. The molecule has 1 amide bonds. The van der Waals surface area contributed by atoms with Crippen LogP contribution in [0.1, 0.15) is 19.3 Å². The van der Waals surface area contributed by atoms with Gasteiger partial charge in [-0.1, -0.05) is 0 Å². The molecule has 0 spiro atoms. The number of aliphatic imine (C=N–C) groups is 1. The van der Waals surface area contributed by atoms with Crippen LogP contribution in [0.2, 0.25) is 0 Å². The van der Waals surface area contributed by atoms with Gasteiger partial charge in [-0.2, -0.15) is 0 Å². The maximum atomic E-state index is 12.1. The molecule has 7 nitrogen and oxygen atoms in total. The van der Waals surface area contributed by atoms with Crippen LogP contribution in [0.25, 0.3) is 0 Å². The van der Waals surface area contributed by atoms with Crippen LogP contribution < -0.4 is 10.6 Å². The zero-order chi connectivity index (χ0) is 16.1. The maximum Gasteiger partial charge on any atom is 0.244 e. The molecule has 0 atom stereocenters. The number of amides is 1. The molecule has 2 saturated heterocycles. The third kappa shape index (κ3) is 4.95. The topological polar surface area (TPSA) is 78.1 Å². The lowest BCUT2D eigenvalue weighted by atomic mass is 10.1. The standard InChI is InChI=1S/C15H24N6OS.HI/c16-14(18-12-13(22)19-5-2-1-3-6-19)20-7-9-21(10-8-20)15-17-4-11-23-15;/h4,11H,1-3,5-10,12H2,(H2,16,18);1H. The first-order valence-corrected chi connectivity index (χ1v) is 9.09. The van der Waals surface area contributed by atoms with Crippen molar-refractivity contribution in [1.29, 1.82) is 0 Å². The van der Waals surface area contributed by atoms with Gasteiger partial charge in [0.15, 0.2) is 11.1 Å². The molecule has 0 radical (unpaired) electrons. The summed E-state index contributed by atoms with van der Waals surface area (Å²) in [4.78, 5) is 27.0. The second-order valence-corrected chi connectivity index (χ2v) is 6.78. The zero-order valence-electron chi connectivity index (χ0n) is 13.8. The van der Waals surface area contributed by atoms with Crippen LogP contribution in [-0.4, -0.2) is 72.5 Å². The van der Waals surface area contributed by atoms with Crippen LogP contribution in [0.3, 0.4) is 0 Å². The summed E-state index contributed by atoms with van der Waals surface area (Å²) in [7, 11) is 0. The number of nitrogens with zero attached hydrogens (tertiary/aromatic N) is 5. The van der Waals surface area contributed by atoms with Gasteiger partial charge in [0.2, 0.25) is 5.91 Å². The molecular weight excluding hydrogens is 439 g/mol. The smallest absolute Gasteiger partial charge is 0.244 e. The van der Waals surface area contributed by atoms with Crippen LogP contribution in [0.15, 0.2) is 16.6 Å². The number of halogens is 1. The van der Waals surface area contributed by atoms with Gasteiger partial charge in [-0.3, -0.25) is 4.79 Å². The van der Waals surface area contributed by atoms with Gasteiger partial charge < -0.3 is 20.4 Å². The number of hydrogen-bond donors (Lipinski definition) is 1. The molecule has 3 heterocycles. The first-order valence-electron chi connectivity index (χ1n) is 8.21. The first-order chi connectivity index (χ1) is 11.2. The van der Waals surface area contributed by atoms with E-state index in [1.807, 2.05) is 21.4 Å². The lowest BCUT2D eigenvalue weighted by Gasteiger charge is -2.35. The van der Waals surface area contributed by atoms with E-state index in [-0.39, 0.29) is 36.4 Å². The van der Waals surface area contributed by atoms with Gasteiger partial charge in [-0.25, -0.2) is 9.98 Å². The van der Waals surface area contributed by atoms with Crippen LogP contribution >= 0.6 is 35.3 Å². The van der Waals surface area contributed by atoms with Crippen molar-refractivity contribution in [3.8, 4) is 0 Å². The van der Waals surface area contributed by atoms with Crippen LogP contribution in [0.4, 0.5) is 5.13 Å². The Morgan fingerprint density at radius 1 is 1.12 bits per heavy atom. The van der Waals surface area contributed by atoms with Gasteiger partial charge >= 0.3 is 0 Å². The van der Waals surface area contributed by atoms with E-state index in [9.17, 15) is 4.79 Å². The van der Waals surface area contributed by atoms with E-state index in [2.05, 4.69) is 14.9 Å². The van der Waals surface area contributed by atoms with Crippen molar-refractivity contribution in [3.05, 3.63) is 11.6 Å². The lowest BCUT2D eigenvalue weighted by molar-refractivity contribution is -0.130. The van der Waals surface area contributed by atoms with E-state index in [0.29, 0.717) is 5.96 Å². The van der Waals surface area contributed by atoms with Crippen molar-refractivity contribution in [1.82, 2.24) is 14.8 Å². The van der Waals surface area contributed by atoms with E-state index in [4.69, 9.17) is 5.73 Å². The van der Waals surface area contributed by atoms with Crippen molar-refractivity contribution in [3.63, 3.8) is 0 Å². The molecule has 0 unspecified atom stereocenters. The van der Waals surface area contributed by atoms with Gasteiger partial charge in [0, 0.05) is 50.8 Å². The summed E-state index contributed by atoms with van der Waals surface area (Å²) in [6, 6.07) is 0. The number of guanidine groups is 1. The number of aromatic nitrogens is 1. The fourth-order valence-electron chi connectivity index (χ4n) is 2.99. The van der Waals surface area contributed by atoms with Crippen LogP contribution in [0, 0.1) is 0 Å². The van der Waals surface area contributed by atoms with Crippen molar-refractivity contribution in [2.24, 2.45) is 10.7 Å². The molecular formula is C15H25IN6OS. The number of piperazine rings is 1. The van der Waals surface area contributed by atoms with E-state index < -0.39 is 0 Å². The Kier molecular flexibility index (Phi) is 7.53. The number of rotatable bonds is 3. The normalized spacial score (nSPS) is 19.2. The molecule has 0 aliphatic carbocycles. The van der Waals surface area contributed by atoms with Gasteiger partial charge in [0.1, 0.15) is 6.54 Å². The number of likely N-dealkylation sites (tertiary alicyclic amines) is 1. The summed E-state index contributed by atoms with van der Waals surface area (Å²) in [5.74, 6) is 0.572. The predicted octanol–water partition coefficient (Wildman–Crippen LogP) is 1.21. The molecule has 2 aliphatic heterocycles. The Balaban J connectivity index is 0.00000208. The zero-order valence-corrected chi connectivity index (χ0v) is 16.9. The van der Waals surface area contributed by atoms with Gasteiger partial charge in [-0.05, 0) is 19.3 Å². The Hall–Kier alpha value is -1.10. The highest BCUT2D eigenvalue weighted by Crippen LogP contribution is 2.18. The van der Waals surface area contributed by atoms with Gasteiger partial charge in [0.25, 0.3) is 0 Å². The van der Waals surface area contributed by atoms with Crippen molar-refractivity contribution in [2.75, 3.05) is 50.7 Å². The number of piperidine rings is 1. The minimum atomic E-state index is 0. The molecule has 1 aromatic rings. The number of hydrogen-bond acceptors (Lipinski definition) is 5. The average molecular weight is 464 g/mol. The summed E-state index contributed by atoms with van der Waals surface area (Å²) >= 11 is 1.65. The highest BCUT2D eigenvalue weighted by atomic mass is 127. The lowest BCUT2D eigenvalue weighted by Crippen LogP contribution is -2.51. The van der Waals surface area contributed by atoms with Crippen molar-refractivity contribution < 1.29 is 4.79 Å². The molecule has 1 aromatic heterocycles. The van der Waals surface area contributed by atoms with E-state index >= 15 is 0 Å². The molecule has 0 aromatic carbocycles. The molecule has 134 valence electrons. The number of anilines is 1. The fraction of sp³-hybridized carbons (Fsp3) is 0.667. The number of nitrogens with two attached hydrogens (primary N) is 1. The second-order valence-electron chi connectivity index (χ2n) is 5.90. The van der Waals surface area contributed by atoms with E-state index in [1.54, 1.807) is 11.3 Å². The summed E-state index contributed by atoms with van der Waals surface area (Å²) in [6.07, 6.45) is 5.25. The Morgan fingerprint density at radius 2 is 1.83 bits per heavy atom. The SMILES string of the molecule is I.NC(=NCC(=O)N1CCCCC1)N1CCN(c2nccs2)CC1. The van der Waals surface area contributed by atoms with Crippen LogP contribution in [0.5, 0.6) is 0 Å². The Morgan fingerprint density at radius 3 is 2.46 bits per heavy atom. The quantitative estimate of drug-likeness (QED) is 0.414. The van der Waals surface area contributed by atoms with E-state index in [0.717, 1.165) is 57.2 Å². The maximum absolute atomic E-state index is 12.1. The molecule has 2 N–H and O–H groups in total. The van der Waals surface area contributed by atoms with Gasteiger partial charge in [0.05, 0.1) is 0 Å². The Labute approximate surface area is 163 Å². The largest absolute Gasteiger partial charge is 0.370 e. The molecule has 2 aliphatic rings. The van der Waals surface area contributed by atoms with Gasteiger partial charge in [-0.15, -0.1) is 35.3 Å². The molecule has 24 heavy (non-hydrogen) atoms. The second kappa shape index (κ2) is 9.40. The first kappa shape index (κ1) is 19.2. The number of carbonyl (C=O) groups excluding carboxylic acids is 1. The summed E-state index contributed by atoms with van der Waals surface area (Å²) in [6.45, 7) is 5.27. The summed E-state index contributed by atoms with van der Waals surface area (Å²) < 4.78 is 0. The Bertz CT molecular complexity index is 538. The molecule has 2 fully saturated rings. The van der Waals surface area contributed by atoms with Crippen molar-refractivity contribution in [2.45, 2.75) is 19.3 Å². The predicted molar refractivity (Wildman–Crippen MR) is 108 cm³/mol. The van der Waals surface area contributed by atoms with E-state index in [1.165, 1.54) is 6.42 Å². The summed E-state index contributed by atoms with van der Waals surface area (Å²) in [5, 5.41) is 3.05. The third-order valence-electron chi connectivity index (χ3n) is 4.38. The highest BCUT2D eigenvalue weighted by Gasteiger charge is 2.21. The monoisotopic (exact) mass is 464 g/mol. The molecule has 0 saturated carbocycles. The molecule has 9 heteroatoms.